The Morgan fingerprint density at radius 3 is 2.35 bits per heavy atom. The molecule has 194 valence electrons. The van der Waals surface area contributed by atoms with Crippen LogP contribution in [0.1, 0.15) is 24.5 Å². The number of hydrogen-bond acceptors (Lipinski definition) is 4. The Bertz CT molecular complexity index is 1140. The smallest absolute Gasteiger partial charge is 0.333 e. The fourth-order valence-electron chi connectivity index (χ4n) is 5.03. The number of carbonyl (C=O) groups excluding carboxylic acids is 3. The first-order valence-corrected chi connectivity index (χ1v) is 13.0. The predicted molar refractivity (Wildman–Crippen MR) is 142 cm³/mol. The van der Waals surface area contributed by atoms with Gasteiger partial charge < -0.3 is 15.1 Å². The summed E-state index contributed by atoms with van der Waals surface area (Å²) >= 11 is 6.27. The van der Waals surface area contributed by atoms with Crippen molar-refractivity contribution < 1.29 is 14.4 Å². The number of urea groups is 1. The van der Waals surface area contributed by atoms with E-state index >= 15 is 0 Å². The van der Waals surface area contributed by atoms with Crippen LogP contribution in [-0.2, 0) is 22.6 Å². The summed E-state index contributed by atoms with van der Waals surface area (Å²) in [6.45, 7) is 2.43. The summed E-state index contributed by atoms with van der Waals surface area (Å²) in [6, 6.07) is 17.8. The number of amides is 4. The van der Waals surface area contributed by atoms with Gasteiger partial charge in [-0.15, -0.1) is 18.0 Å². The highest BCUT2D eigenvalue weighted by atomic mass is 35.5. The van der Waals surface area contributed by atoms with Crippen LogP contribution in [0.4, 0.5) is 4.79 Å². The number of hydrogen-bond donors (Lipinski definition) is 1. The minimum absolute atomic E-state index is 0.0822. The summed E-state index contributed by atoms with van der Waals surface area (Å²) in [7, 11) is 0. The zero-order valence-corrected chi connectivity index (χ0v) is 21.7. The van der Waals surface area contributed by atoms with E-state index in [1.807, 2.05) is 67.6 Å². The maximum Gasteiger partial charge on any atom is 0.334 e. The zero-order chi connectivity index (χ0) is 26.4. The zero-order valence-electron chi connectivity index (χ0n) is 20.9. The molecule has 0 aromatic heterocycles. The molecule has 0 aliphatic carbocycles. The van der Waals surface area contributed by atoms with Crippen molar-refractivity contribution in [3.63, 3.8) is 0 Å². The van der Waals surface area contributed by atoms with Gasteiger partial charge in [-0.1, -0.05) is 73.5 Å². The van der Waals surface area contributed by atoms with Crippen molar-refractivity contribution in [3.8, 4) is 12.3 Å². The third kappa shape index (κ3) is 5.74. The number of benzene rings is 2. The van der Waals surface area contributed by atoms with Crippen molar-refractivity contribution in [2.75, 3.05) is 25.5 Å². The van der Waals surface area contributed by atoms with Gasteiger partial charge in [0.15, 0.2) is 0 Å². The van der Waals surface area contributed by atoms with Crippen molar-refractivity contribution in [2.24, 2.45) is 0 Å². The number of carbonyl (C=O) groups is 3. The van der Waals surface area contributed by atoms with Gasteiger partial charge in [-0.25, -0.2) is 9.80 Å². The molecule has 2 aromatic rings. The van der Waals surface area contributed by atoms with Gasteiger partial charge >= 0.3 is 6.03 Å². The van der Waals surface area contributed by atoms with Gasteiger partial charge in [-0.2, -0.15) is 5.01 Å². The van der Waals surface area contributed by atoms with Crippen LogP contribution >= 0.6 is 11.6 Å². The Hall–Kier alpha value is -3.54. The lowest BCUT2D eigenvalue weighted by molar-refractivity contribution is -0.190. The molecule has 0 spiro atoms. The van der Waals surface area contributed by atoms with E-state index in [1.54, 1.807) is 14.8 Å². The third-order valence-corrected chi connectivity index (χ3v) is 7.26. The number of nitrogens with one attached hydrogen (secondary N) is 1. The lowest BCUT2D eigenvalue weighted by Gasteiger charge is -2.55. The Labute approximate surface area is 223 Å². The number of rotatable bonds is 8. The largest absolute Gasteiger partial charge is 0.334 e. The monoisotopic (exact) mass is 521 g/mol. The molecule has 2 saturated heterocycles. The number of nitrogens with zero attached hydrogens (tertiary/aromatic N) is 4. The summed E-state index contributed by atoms with van der Waals surface area (Å²) in [5, 5.41) is 6.06. The van der Waals surface area contributed by atoms with Crippen molar-refractivity contribution in [1.29, 1.82) is 0 Å². The highest BCUT2D eigenvalue weighted by Gasteiger charge is 2.52. The number of halogens is 1. The molecule has 2 aromatic carbocycles. The van der Waals surface area contributed by atoms with Gasteiger partial charge in [0.2, 0.25) is 11.8 Å². The van der Waals surface area contributed by atoms with Gasteiger partial charge in [0.25, 0.3) is 0 Å². The Morgan fingerprint density at radius 1 is 1.11 bits per heavy atom. The van der Waals surface area contributed by atoms with Gasteiger partial charge in [0.05, 0.1) is 19.6 Å². The molecule has 8 nitrogen and oxygen atoms in total. The molecule has 0 radical (unpaired) electrons. The summed E-state index contributed by atoms with van der Waals surface area (Å²) in [5.74, 6) is 2.43. The van der Waals surface area contributed by atoms with E-state index in [2.05, 4.69) is 11.2 Å². The number of fused-ring (bicyclic) bond motifs is 1. The lowest BCUT2D eigenvalue weighted by Crippen LogP contribution is -2.77. The lowest BCUT2D eigenvalue weighted by atomic mass is 9.97. The summed E-state index contributed by atoms with van der Waals surface area (Å²) in [4.78, 5) is 44.2. The van der Waals surface area contributed by atoms with Gasteiger partial charge in [0.1, 0.15) is 12.2 Å². The number of terminal acetylenes is 1. The molecule has 0 saturated carbocycles. The molecule has 0 bridgehead atoms. The van der Waals surface area contributed by atoms with Gasteiger partial charge in [0, 0.05) is 24.9 Å². The maximum atomic E-state index is 13.8. The molecule has 4 rings (SSSR count). The first kappa shape index (κ1) is 26.5. The van der Waals surface area contributed by atoms with E-state index in [0.29, 0.717) is 19.4 Å². The van der Waals surface area contributed by atoms with E-state index in [4.69, 9.17) is 18.0 Å². The first-order valence-electron chi connectivity index (χ1n) is 12.5. The molecule has 1 unspecified atom stereocenters. The fourth-order valence-corrected chi connectivity index (χ4v) is 5.42. The number of piperazine rings is 1. The van der Waals surface area contributed by atoms with Gasteiger partial charge in [-0.05, 0) is 17.5 Å². The molecule has 3 atom stereocenters. The van der Waals surface area contributed by atoms with Crippen LogP contribution in [0.2, 0.25) is 0 Å². The summed E-state index contributed by atoms with van der Waals surface area (Å²) in [6.07, 6.45) is 5.89. The molecule has 9 heteroatoms. The molecule has 4 amide bonds. The van der Waals surface area contributed by atoms with E-state index < -0.39 is 12.2 Å². The third-order valence-electron chi connectivity index (χ3n) is 6.91. The molecule has 37 heavy (non-hydrogen) atoms. The maximum absolute atomic E-state index is 13.8. The SMILES string of the molecule is C#CCN1CC(=O)N2[C@@H](Cc3ccccc3)C(=O)N(C(CC)CCl)C[C@@H]2N1C(=O)NCc1ccccc1. The molecule has 2 aliphatic heterocycles. The molecule has 2 aliphatic rings. The molecular weight excluding hydrogens is 490 g/mol. The van der Waals surface area contributed by atoms with Crippen molar-refractivity contribution in [1.82, 2.24) is 25.1 Å². The minimum Gasteiger partial charge on any atom is -0.333 e. The average molecular weight is 522 g/mol. The predicted octanol–water partition coefficient (Wildman–Crippen LogP) is 2.69. The topological polar surface area (TPSA) is 76.2 Å². The van der Waals surface area contributed by atoms with Crippen LogP contribution in [0.25, 0.3) is 0 Å². The number of alkyl halides is 1. The molecule has 1 N–H and O–H groups in total. The van der Waals surface area contributed by atoms with Crippen LogP contribution in [0.5, 0.6) is 0 Å². The normalized spacial score (nSPS) is 20.8. The highest BCUT2D eigenvalue weighted by molar-refractivity contribution is 6.18. The standard InChI is InChI=1S/C28H32ClN5O3/c1-3-15-31-20-26(35)33-24(16-21-11-7-5-8-12-21)27(36)32(23(4-2)17-29)19-25(33)34(31)28(37)30-18-22-13-9-6-10-14-22/h1,5-14,23-25H,4,15-20H2,2H3,(H,30,37)/t23?,24-,25-/m0/s1. The summed E-state index contributed by atoms with van der Waals surface area (Å²) in [5.41, 5.74) is 1.87. The van der Waals surface area contributed by atoms with Crippen LogP contribution < -0.4 is 5.32 Å². The first-order chi connectivity index (χ1) is 18.0. The van der Waals surface area contributed by atoms with Crippen LogP contribution in [-0.4, -0.2) is 81.4 Å². The molecule has 2 fully saturated rings. The second kappa shape index (κ2) is 12.1. The fraction of sp³-hybridized carbons (Fsp3) is 0.393. The Balaban J connectivity index is 1.69. The van der Waals surface area contributed by atoms with Crippen LogP contribution in [0.3, 0.4) is 0 Å². The van der Waals surface area contributed by atoms with E-state index in [1.165, 1.54) is 5.01 Å². The van der Waals surface area contributed by atoms with E-state index in [9.17, 15) is 14.4 Å². The summed E-state index contributed by atoms with van der Waals surface area (Å²) < 4.78 is 0. The Morgan fingerprint density at radius 2 is 1.76 bits per heavy atom. The van der Waals surface area contributed by atoms with Gasteiger partial charge in [-0.3, -0.25) is 9.59 Å². The van der Waals surface area contributed by atoms with Crippen molar-refractivity contribution in [3.05, 3.63) is 71.8 Å². The second-order valence-corrected chi connectivity index (χ2v) is 9.52. The van der Waals surface area contributed by atoms with Crippen LogP contribution in [0, 0.1) is 12.3 Å². The minimum atomic E-state index is -0.761. The van der Waals surface area contributed by atoms with Crippen molar-refractivity contribution >= 4 is 29.4 Å². The van der Waals surface area contributed by atoms with Crippen LogP contribution in [0.15, 0.2) is 60.7 Å². The average Bonchev–Trinajstić information content (AvgIpc) is 2.91. The van der Waals surface area contributed by atoms with Crippen molar-refractivity contribution in [2.45, 2.75) is 44.6 Å². The Kier molecular flexibility index (Phi) is 8.70. The second-order valence-electron chi connectivity index (χ2n) is 9.21. The molecular formula is C28H32ClN5O3. The highest BCUT2D eigenvalue weighted by Crippen LogP contribution is 2.30. The quantitative estimate of drug-likeness (QED) is 0.428. The molecule has 2 heterocycles. The number of hydrazine groups is 1. The van der Waals surface area contributed by atoms with E-state index in [0.717, 1.165) is 11.1 Å². The van der Waals surface area contributed by atoms with E-state index in [-0.39, 0.29) is 49.4 Å².